The summed E-state index contributed by atoms with van der Waals surface area (Å²) in [4.78, 5) is 38.0. The molecule has 0 atom stereocenters. The molecule has 2 amide bonds. The van der Waals surface area contributed by atoms with E-state index in [-0.39, 0.29) is 22.2 Å². The largest absolute Gasteiger partial charge is 0.373 e. The van der Waals surface area contributed by atoms with Crippen molar-refractivity contribution in [1.29, 1.82) is 0 Å². The van der Waals surface area contributed by atoms with Gasteiger partial charge in [-0.2, -0.15) is 5.10 Å². The highest BCUT2D eigenvalue weighted by Gasteiger charge is 2.19. The molecule has 202 valence electrons. The number of anilines is 2. The van der Waals surface area contributed by atoms with Crippen molar-refractivity contribution in [3.05, 3.63) is 107 Å². The first-order valence-electron chi connectivity index (χ1n) is 12.7. The van der Waals surface area contributed by atoms with E-state index in [4.69, 9.17) is 11.6 Å². The van der Waals surface area contributed by atoms with Crippen molar-refractivity contribution >= 4 is 35.1 Å². The molecule has 5 rings (SSSR count). The number of para-hydroxylation sites is 1. The van der Waals surface area contributed by atoms with Crippen LogP contribution in [0.5, 0.6) is 0 Å². The quantitative estimate of drug-likeness (QED) is 0.180. The maximum atomic E-state index is 13.4. The topological polar surface area (TPSA) is 130 Å². The zero-order valence-electron chi connectivity index (χ0n) is 21.7. The highest BCUT2D eigenvalue weighted by molar-refractivity contribution is 6.34. The van der Waals surface area contributed by atoms with E-state index in [0.29, 0.717) is 29.6 Å². The van der Waals surface area contributed by atoms with Crippen LogP contribution in [0.2, 0.25) is 5.02 Å². The lowest BCUT2D eigenvalue weighted by molar-refractivity contribution is 0.0947. The first kappa shape index (κ1) is 26.6. The maximum absolute atomic E-state index is 13.4. The molecule has 2 aromatic carbocycles. The van der Waals surface area contributed by atoms with Crippen LogP contribution in [0.3, 0.4) is 0 Å². The normalized spacial score (nSPS) is 10.8. The average molecular weight is 555 g/mol. The number of imidazole rings is 1. The number of aromatic amines is 1. The van der Waals surface area contributed by atoms with Crippen molar-refractivity contribution in [2.75, 3.05) is 24.2 Å². The summed E-state index contributed by atoms with van der Waals surface area (Å²) in [5.41, 5.74) is 3.55. The van der Waals surface area contributed by atoms with Crippen molar-refractivity contribution in [2.24, 2.45) is 0 Å². The Labute approximate surface area is 235 Å². The Balaban J connectivity index is 1.37. The number of pyridine rings is 1. The van der Waals surface area contributed by atoms with Gasteiger partial charge in [-0.3, -0.25) is 9.59 Å². The summed E-state index contributed by atoms with van der Waals surface area (Å²) in [5.74, 6) is 0.249. The van der Waals surface area contributed by atoms with E-state index in [1.54, 1.807) is 37.8 Å². The number of carbonyl (C=O) groups is 2. The number of hydrogen-bond acceptors (Lipinski definition) is 6. The Morgan fingerprint density at radius 2 is 1.85 bits per heavy atom. The number of benzene rings is 2. The van der Waals surface area contributed by atoms with E-state index in [1.807, 2.05) is 54.6 Å². The Morgan fingerprint density at radius 1 is 1.00 bits per heavy atom. The van der Waals surface area contributed by atoms with Crippen LogP contribution >= 0.6 is 11.6 Å². The Kier molecular flexibility index (Phi) is 8.17. The van der Waals surface area contributed by atoms with E-state index in [2.05, 4.69) is 36.0 Å². The lowest BCUT2D eigenvalue weighted by Crippen LogP contribution is -2.25. The van der Waals surface area contributed by atoms with Crippen LogP contribution < -0.4 is 16.0 Å². The van der Waals surface area contributed by atoms with Crippen LogP contribution in [-0.4, -0.2) is 50.1 Å². The zero-order chi connectivity index (χ0) is 27.9. The number of halogens is 1. The Hall–Kier alpha value is -4.96. The number of aryl methyl sites for hydroxylation is 1. The molecular weight excluding hydrogens is 528 g/mol. The molecule has 11 heteroatoms. The molecule has 0 aliphatic rings. The Morgan fingerprint density at radius 3 is 2.62 bits per heavy atom. The number of carbonyl (C=O) groups excluding carboxylic acids is 2. The van der Waals surface area contributed by atoms with Gasteiger partial charge in [0, 0.05) is 37.1 Å². The highest BCUT2D eigenvalue weighted by Crippen LogP contribution is 2.26. The van der Waals surface area contributed by atoms with Crippen molar-refractivity contribution in [3.63, 3.8) is 0 Å². The van der Waals surface area contributed by atoms with Crippen LogP contribution in [0.15, 0.2) is 85.3 Å². The fourth-order valence-corrected chi connectivity index (χ4v) is 4.32. The van der Waals surface area contributed by atoms with E-state index in [0.717, 1.165) is 24.1 Å². The van der Waals surface area contributed by atoms with E-state index in [1.165, 1.54) is 4.68 Å². The van der Waals surface area contributed by atoms with Gasteiger partial charge in [0.1, 0.15) is 11.6 Å². The average Bonchev–Trinajstić information content (AvgIpc) is 3.66. The van der Waals surface area contributed by atoms with Gasteiger partial charge in [0.05, 0.1) is 28.3 Å². The smallest absolute Gasteiger partial charge is 0.271 e. The number of nitrogens with one attached hydrogen (secondary N) is 4. The first-order chi connectivity index (χ1) is 19.5. The first-order valence-corrected chi connectivity index (χ1v) is 13.1. The van der Waals surface area contributed by atoms with Crippen LogP contribution in [-0.2, 0) is 6.42 Å². The minimum Gasteiger partial charge on any atom is -0.373 e. The van der Waals surface area contributed by atoms with Crippen LogP contribution in [0.4, 0.5) is 11.6 Å². The summed E-state index contributed by atoms with van der Waals surface area (Å²) in [7, 11) is 1.79. The monoisotopic (exact) mass is 554 g/mol. The van der Waals surface area contributed by atoms with Gasteiger partial charge >= 0.3 is 0 Å². The van der Waals surface area contributed by atoms with Crippen molar-refractivity contribution < 1.29 is 9.59 Å². The molecule has 0 radical (unpaired) electrons. The predicted molar refractivity (Wildman–Crippen MR) is 155 cm³/mol. The molecule has 0 fully saturated rings. The SMILES string of the molecule is CNc1cccc(-c2ccc(Cl)c(C(=O)Nc3cc(C(=O)NCCCc4cnc[nH]4)nn3-c3ccccc3)c2)n1. The fraction of sp³-hybridized carbons (Fsp3) is 0.138. The van der Waals surface area contributed by atoms with Crippen LogP contribution in [0.1, 0.15) is 33.0 Å². The predicted octanol–water partition coefficient (Wildman–Crippen LogP) is 4.97. The van der Waals surface area contributed by atoms with Gasteiger partial charge in [-0.25, -0.2) is 14.6 Å². The Bertz CT molecular complexity index is 1620. The van der Waals surface area contributed by atoms with Gasteiger partial charge in [0.25, 0.3) is 11.8 Å². The fourth-order valence-electron chi connectivity index (χ4n) is 4.12. The molecule has 0 bridgehead atoms. The van der Waals surface area contributed by atoms with Gasteiger partial charge in [-0.05, 0) is 49.2 Å². The third-order valence-corrected chi connectivity index (χ3v) is 6.49. The molecule has 5 aromatic rings. The number of nitrogens with zero attached hydrogens (tertiary/aromatic N) is 4. The lowest BCUT2D eigenvalue weighted by atomic mass is 10.1. The third kappa shape index (κ3) is 6.19. The van der Waals surface area contributed by atoms with Crippen LogP contribution in [0, 0.1) is 0 Å². The second-order valence-electron chi connectivity index (χ2n) is 8.91. The molecule has 3 aromatic heterocycles. The summed E-state index contributed by atoms with van der Waals surface area (Å²) in [6, 6.07) is 21.5. The molecule has 3 heterocycles. The molecule has 0 saturated carbocycles. The second kappa shape index (κ2) is 12.3. The molecule has 40 heavy (non-hydrogen) atoms. The van der Waals surface area contributed by atoms with Gasteiger partial charge in [-0.1, -0.05) is 41.9 Å². The minimum absolute atomic E-state index is 0.175. The molecule has 4 N–H and O–H groups in total. The molecule has 0 spiro atoms. The summed E-state index contributed by atoms with van der Waals surface area (Å²) in [6.45, 7) is 0.461. The minimum atomic E-state index is -0.444. The number of rotatable bonds is 10. The third-order valence-electron chi connectivity index (χ3n) is 6.16. The lowest BCUT2D eigenvalue weighted by Gasteiger charge is -2.11. The molecule has 0 aliphatic heterocycles. The van der Waals surface area contributed by atoms with Gasteiger partial charge in [0.15, 0.2) is 5.69 Å². The summed E-state index contributed by atoms with van der Waals surface area (Å²) in [6.07, 6.45) is 4.88. The van der Waals surface area contributed by atoms with Crippen molar-refractivity contribution in [3.8, 4) is 16.9 Å². The number of hydrogen-bond donors (Lipinski definition) is 4. The maximum Gasteiger partial charge on any atom is 0.271 e. The summed E-state index contributed by atoms with van der Waals surface area (Å²) < 4.78 is 1.52. The van der Waals surface area contributed by atoms with E-state index < -0.39 is 5.91 Å². The van der Waals surface area contributed by atoms with Crippen molar-refractivity contribution in [1.82, 2.24) is 30.0 Å². The van der Waals surface area contributed by atoms with Crippen LogP contribution in [0.25, 0.3) is 16.9 Å². The number of aromatic nitrogens is 5. The summed E-state index contributed by atoms with van der Waals surface area (Å²) in [5, 5.41) is 13.6. The zero-order valence-corrected chi connectivity index (χ0v) is 22.4. The molecule has 10 nitrogen and oxygen atoms in total. The molecule has 0 unspecified atom stereocenters. The van der Waals surface area contributed by atoms with Gasteiger partial charge in [0.2, 0.25) is 0 Å². The standard InChI is InChI=1S/C29H27ClN8O2/c1-31-26-11-5-10-24(35-26)19-12-13-23(30)22(15-19)28(39)36-27-16-25(37-38(27)21-8-3-2-4-9-21)29(40)33-14-6-7-20-17-32-18-34-20/h2-5,8-13,15-18H,6-7,14H2,1H3,(H,31,35)(H,32,34)(H,33,40)(H,36,39). The molecular formula is C29H27ClN8O2. The van der Waals surface area contributed by atoms with Crippen molar-refractivity contribution in [2.45, 2.75) is 12.8 Å². The number of amides is 2. The summed E-state index contributed by atoms with van der Waals surface area (Å²) >= 11 is 6.44. The van der Waals surface area contributed by atoms with Gasteiger partial charge < -0.3 is 20.9 Å². The molecule has 0 saturated heterocycles. The second-order valence-corrected chi connectivity index (χ2v) is 9.31. The highest BCUT2D eigenvalue weighted by atomic mass is 35.5. The molecule has 0 aliphatic carbocycles. The van der Waals surface area contributed by atoms with E-state index >= 15 is 0 Å². The number of H-pyrrole nitrogens is 1. The van der Waals surface area contributed by atoms with E-state index in [9.17, 15) is 9.59 Å². The van der Waals surface area contributed by atoms with Gasteiger partial charge in [-0.15, -0.1) is 0 Å².